The van der Waals surface area contributed by atoms with E-state index in [2.05, 4.69) is 36.5 Å². The fourth-order valence-electron chi connectivity index (χ4n) is 1.82. The van der Waals surface area contributed by atoms with Crippen molar-refractivity contribution in [2.45, 2.75) is 20.8 Å². The van der Waals surface area contributed by atoms with E-state index < -0.39 is 0 Å². The first-order chi connectivity index (χ1) is 9.58. The summed E-state index contributed by atoms with van der Waals surface area (Å²) in [6, 6.07) is 15.2. The number of aryl methyl sites for hydroxylation is 2. The van der Waals surface area contributed by atoms with Crippen LogP contribution in [-0.4, -0.2) is 11.6 Å². The maximum atomic E-state index is 11.9. The number of carbonyl (C=O) groups excluding carboxylic acids is 1. The predicted octanol–water partition coefficient (Wildman–Crippen LogP) is 3.46. The molecule has 1 N–H and O–H groups in total. The molecule has 0 fully saturated rings. The number of nitrogens with one attached hydrogen (secondary N) is 1. The van der Waals surface area contributed by atoms with Crippen molar-refractivity contribution in [1.82, 2.24) is 5.43 Å². The highest BCUT2D eigenvalue weighted by Gasteiger charge is 2.04. The molecule has 0 bridgehead atoms. The first-order valence-electron chi connectivity index (χ1n) is 6.55. The number of amides is 1. The van der Waals surface area contributed by atoms with E-state index in [0.717, 1.165) is 11.3 Å². The van der Waals surface area contributed by atoms with E-state index >= 15 is 0 Å². The van der Waals surface area contributed by atoms with E-state index in [-0.39, 0.29) is 5.91 Å². The number of hydrogen-bond donors (Lipinski definition) is 1. The van der Waals surface area contributed by atoms with Gasteiger partial charge in [-0.05, 0) is 55.7 Å². The van der Waals surface area contributed by atoms with Crippen molar-refractivity contribution in [3.05, 3.63) is 70.8 Å². The largest absolute Gasteiger partial charge is 0.271 e. The third-order valence-electron chi connectivity index (χ3n) is 3.29. The summed E-state index contributed by atoms with van der Waals surface area (Å²) >= 11 is 0. The van der Waals surface area contributed by atoms with Gasteiger partial charge in [-0.25, -0.2) is 5.43 Å². The minimum Gasteiger partial charge on any atom is -0.267 e. The molecule has 20 heavy (non-hydrogen) atoms. The van der Waals surface area contributed by atoms with Crippen molar-refractivity contribution in [3.63, 3.8) is 0 Å². The zero-order chi connectivity index (χ0) is 14.5. The van der Waals surface area contributed by atoms with Crippen molar-refractivity contribution in [2.75, 3.05) is 0 Å². The summed E-state index contributed by atoms with van der Waals surface area (Å²) in [5, 5.41) is 4.16. The van der Waals surface area contributed by atoms with Crippen LogP contribution in [0.25, 0.3) is 0 Å². The van der Waals surface area contributed by atoms with Gasteiger partial charge in [0.2, 0.25) is 0 Å². The Hall–Kier alpha value is -2.42. The number of benzene rings is 2. The second-order valence-electron chi connectivity index (χ2n) is 4.80. The van der Waals surface area contributed by atoms with Gasteiger partial charge in [-0.1, -0.05) is 30.3 Å². The van der Waals surface area contributed by atoms with Crippen LogP contribution in [0, 0.1) is 13.8 Å². The molecule has 3 heteroatoms. The number of hydrazone groups is 1. The minimum absolute atomic E-state index is 0.200. The molecule has 0 unspecified atom stereocenters. The van der Waals surface area contributed by atoms with Crippen molar-refractivity contribution < 1.29 is 4.79 Å². The molecule has 0 aliphatic heterocycles. The third-order valence-corrected chi connectivity index (χ3v) is 3.29. The van der Waals surface area contributed by atoms with Crippen molar-refractivity contribution in [1.29, 1.82) is 0 Å². The lowest BCUT2D eigenvalue weighted by Crippen LogP contribution is -2.19. The molecule has 0 aliphatic rings. The molecule has 1 amide bonds. The smallest absolute Gasteiger partial charge is 0.267 e. The van der Waals surface area contributed by atoms with Gasteiger partial charge >= 0.3 is 0 Å². The summed E-state index contributed by atoms with van der Waals surface area (Å²) in [6.07, 6.45) is 0. The summed E-state index contributed by atoms with van der Waals surface area (Å²) in [5.41, 5.74) is 7.45. The molecule has 0 heterocycles. The highest BCUT2D eigenvalue weighted by molar-refractivity contribution is 6.01. The lowest BCUT2D eigenvalue weighted by molar-refractivity contribution is 0.0955. The van der Waals surface area contributed by atoms with Gasteiger partial charge in [0.15, 0.2) is 0 Å². The highest BCUT2D eigenvalue weighted by Crippen LogP contribution is 2.10. The normalized spacial score (nSPS) is 11.2. The molecule has 2 aromatic rings. The molecule has 0 saturated carbocycles. The Morgan fingerprint density at radius 2 is 1.65 bits per heavy atom. The lowest BCUT2D eigenvalue weighted by atomic mass is 10.0. The molecule has 0 saturated heterocycles. The molecule has 102 valence electrons. The van der Waals surface area contributed by atoms with Crippen LogP contribution in [0.3, 0.4) is 0 Å². The predicted molar refractivity (Wildman–Crippen MR) is 82.0 cm³/mol. The van der Waals surface area contributed by atoms with Crippen LogP contribution < -0.4 is 5.43 Å². The van der Waals surface area contributed by atoms with Gasteiger partial charge in [0, 0.05) is 5.56 Å². The van der Waals surface area contributed by atoms with E-state index in [1.807, 2.05) is 31.2 Å². The average Bonchev–Trinajstić information content (AvgIpc) is 2.48. The zero-order valence-electron chi connectivity index (χ0n) is 12.0. The van der Waals surface area contributed by atoms with Gasteiger partial charge in [0.25, 0.3) is 5.91 Å². The highest BCUT2D eigenvalue weighted by atomic mass is 16.2. The van der Waals surface area contributed by atoms with Crippen LogP contribution in [0.2, 0.25) is 0 Å². The summed E-state index contributed by atoms with van der Waals surface area (Å²) in [4.78, 5) is 11.9. The third kappa shape index (κ3) is 3.32. The molecule has 2 rings (SSSR count). The topological polar surface area (TPSA) is 41.5 Å². The summed E-state index contributed by atoms with van der Waals surface area (Å²) in [5.74, 6) is -0.200. The molecule has 0 spiro atoms. The number of hydrogen-bond acceptors (Lipinski definition) is 2. The molecular weight excluding hydrogens is 248 g/mol. The molecule has 0 radical (unpaired) electrons. The van der Waals surface area contributed by atoms with Crippen molar-refractivity contribution in [2.24, 2.45) is 5.10 Å². The van der Waals surface area contributed by atoms with Crippen LogP contribution in [-0.2, 0) is 0 Å². The average molecular weight is 266 g/mol. The fraction of sp³-hybridized carbons (Fsp3) is 0.176. The van der Waals surface area contributed by atoms with Crippen molar-refractivity contribution >= 4 is 11.6 Å². The summed E-state index contributed by atoms with van der Waals surface area (Å²) in [6.45, 7) is 6.02. The van der Waals surface area contributed by atoms with Crippen LogP contribution in [0.5, 0.6) is 0 Å². The Morgan fingerprint density at radius 1 is 0.950 bits per heavy atom. The summed E-state index contributed by atoms with van der Waals surface area (Å²) < 4.78 is 0. The SMILES string of the molecule is CC(=NNC(=O)c1ccccc1)c1ccc(C)c(C)c1. The van der Waals surface area contributed by atoms with Gasteiger partial charge in [0.1, 0.15) is 0 Å². The Kier molecular flexibility index (Phi) is 4.31. The Balaban J connectivity index is 2.11. The van der Waals surface area contributed by atoms with E-state index in [1.54, 1.807) is 12.1 Å². The standard InChI is InChI=1S/C17H18N2O/c1-12-9-10-16(11-13(12)2)14(3)18-19-17(20)15-7-5-4-6-8-15/h4-11H,1-3H3,(H,19,20). The molecular formula is C17H18N2O. The van der Waals surface area contributed by atoms with E-state index in [9.17, 15) is 4.79 Å². The van der Waals surface area contributed by atoms with Crippen LogP contribution in [0.4, 0.5) is 0 Å². The quantitative estimate of drug-likeness (QED) is 0.671. The Bertz CT molecular complexity index is 645. The molecule has 0 aliphatic carbocycles. The molecule has 0 aromatic heterocycles. The van der Waals surface area contributed by atoms with Crippen molar-refractivity contribution in [3.8, 4) is 0 Å². The Labute approximate surface area is 119 Å². The van der Waals surface area contributed by atoms with Gasteiger partial charge in [-0.3, -0.25) is 4.79 Å². The lowest BCUT2D eigenvalue weighted by Gasteiger charge is -2.05. The van der Waals surface area contributed by atoms with E-state index in [0.29, 0.717) is 5.56 Å². The van der Waals surface area contributed by atoms with Gasteiger partial charge in [-0.2, -0.15) is 5.10 Å². The van der Waals surface area contributed by atoms with Gasteiger partial charge < -0.3 is 0 Å². The van der Waals surface area contributed by atoms with Gasteiger partial charge in [-0.15, -0.1) is 0 Å². The summed E-state index contributed by atoms with van der Waals surface area (Å²) in [7, 11) is 0. The Morgan fingerprint density at radius 3 is 2.30 bits per heavy atom. The monoisotopic (exact) mass is 266 g/mol. The maximum absolute atomic E-state index is 11.9. The van der Waals surface area contributed by atoms with Crippen LogP contribution in [0.15, 0.2) is 53.6 Å². The molecule has 2 aromatic carbocycles. The first-order valence-corrected chi connectivity index (χ1v) is 6.55. The fourth-order valence-corrected chi connectivity index (χ4v) is 1.82. The zero-order valence-corrected chi connectivity index (χ0v) is 12.0. The minimum atomic E-state index is -0.200. The maximum Gasteiger partial charge on any atom is 0.271 e. The van der Waals surface area contributed by atoms with Gasteiger partial charge in [0.05, 0.1) is 5.71 Å². The second kappa shape index (κ2) is 6.15. The first kappa shape index (κ1) is 14.0. The van der Waals surface area contributed by atoms with Crippen LogP contribution in [0.1, 0.15) is 34.0 Å². The number of nitrogens with zero attached hydrogens (tertiary/aromatic N) is 1. The second-order valence-corrected chi connectivity index (χ2v) is 4.80. The molecule has 0 atom stereocenters. The van der Waals surface area contributed by atoms with E-state index in [1.165, 1.54) is 11.1 Å². The van der Waals surface area contributed by atoms with Crippen LogP contribution >= 0.6 is 0 Å². The van der Waals surface area contributed by atoms with E-state index in [4.69, 9.17) is 0 Å². The number of carbonyl (C=O) groups is 1. The number of rotatable bonds is 3. The molecule has 3 nitrogen and oxygen atoms in total.